The van der Waals surface area contributed by atoms with Crippen molar-refractivity contribution >= 4 is 29.1 Å². The SMILES string of the molecule is Cc1cc(N)c(Cl)cc1N1CCCN(C(=O)OC(C)(C)C)CC1. The standard InChI is InChI=1S/C17H26ClN3O2/c1-12-10-14(19)13(18)11-15(12)20-6-5-7-21(9-8-20)16(22)23-17(2,3)4/h10-11H,5-9,19H2,1-4H3. The quantitative estimate of drug-likeness (QED) is 0.793. The van der Waals surface area contributed by atoms with E-state index in [4.69, 9.17) is 22.1 Å². The zero-order valence-corrected chi connectivity index (χ0v) is 15.1. The Morgan fingerprint density at radius 2 is 1.91 bits per heavy atom. The van der Waals surface area contributed by atoms with Gasteiger partial charge < -0.3 is 20.3 Å². The van der Waals surface area contributed by atoms with Gasteiger partial charge in [0.05, 0.1) is 10.7 Å². The summed E-state index contributed by atoms with van der Waals surface area (Å²) in [7, 11) is 0. The van der Waals surface area contributed by atoms with E-state index in [1.807, 2.05) is 39.8 Å². The molecular formula is C17H26ClN3O2. The zero-order valence-electron chi connectivity index (χ0n) is 14.4. The number of ether oxygens (including phenoxy) is 1. The summed E-state index contributed by atoms with van der Waals surface area (Å²) in [6, 6.07) is 3.81. The lowest BCUT2D eigenvalue weighted by molar-refractivity contribution is 0.0263. The van der Waals surface area contributed by atoms with Crippen LogP contribution in [0.15, 0.2) is 12.1 Å². The van der Waals surface area contributed by atoms with Crippen LogP contribution in [0.25, 0.3) is 0 Å². The number of rotatable bonds is 1. The van der Waals surface area contributed by atoms with Gasteiger partial charge in [0.1, 0.15) is 5.60 Å². The van der Waals surface area contributed by atoms with Crippen molar-refractivity contribution in [1.82, 2.24) is 4.90 Å². The molecule has 23 heavy (non-hydrogen) atoms. The first-order chi connectivity index (χ1) is 10.7. The summed E-state index contributed by atoms with van der Waals surface area (Å²) in [5, 5.41) is 0.568. The van der Waals surface area contributed by atoms with Gasteiger partial charge in [-0.1, -0.05) is 11.6 Å². The monoisotopic (exact) mass is 339 g/mol. The molecule has 0 bridgehead atoms. The number of carbonyl (C=O) groups excluding carboxylic acids is 1. The van der Waals surface area contributed by atoms with Gasteiger partial charge >= 0.3 is 6.09 Å². The third-order valence-corrected chi connectivity index (χ3v) is 4.13. The van der Waals surface area contributed by atoms with Crippen molar-refractivity contribution in [2.75, 3.05) is 36.8 Å². The normalized spacial score (nSPS) is 16.2. The van der Waals surface area contributed by atoms with E-state index in [2.05, 4.69) is 4.90 Å². The number of aryl methyl sites for hydroxylation is 1. The van der Waals surface area contributed by atoms with E-state index in [1.165, 1.54) is 0 Å². The molecule has 2 N–H and O–H groups in total. The number of nitrogen functional groups attached to an aromatic ring is 1. The average molecular weight is 340 g/mol. The van der Waals surface area contributed by atoms with Gasteiger partial charge in [-0.15, -0.1) is 0 Å². The van der Waals surface area contributed by atoms with Crippen LogP contribution in [0.5, 0.6) is 0 Å². The van der Waals surface area contributed by atoms with Gasteiger partial charge in [-0.3, -0.25) is 0 Å². The van der Waals surface area contributed by atoms with Crippen molar-refractivity contribution in [2.45, 2.75) is 39.7 Å². The number of carbonyl (C=O) groups is 1. The molecule has 0 spiro atoms. The van der Waals surface area contributed by atoms with Crippen LogP contribution >= 0.6 is 11.6 Å². The fourth-order valence-corrected chi connectivity index (χ4v) is 2.86. The van der Waals surface area contributed by atoms with Crippen LogP contribution in [-0.2, 0) is 4.74 Å². The Bertz CT molecular complexity index is 584. The van der Waals surface area contributed by atoms with Gasteiger partial charge in [0.2, 0.25) is 0 Å². The molecule has 1 aromatic rings. The van der Waals surface area contributed by atoms with E-state index in [0.717, 1.165) is 30.8 Å². The highest BCUT2D eigenvalue weighted by Gasteiger charge is 2.25. The highest BCUT2D eigenvalue weighted by atomic mass is 35.5. The number of benzene rings is 1. The summed E-state index contributed by atoms with van der Waals surface area (Å²) in [6.07, 6.45) is 0.645. The summed E-state index contributed by atoms with van der Waals surface area (Å²) >= 11 is 6.16. The zero-order chi connectivity index (χ0) is 17.2. The summed E-state index contributed by atoms with van der Waals surface area (Å²) in [6.45, 7) is 10.6. The summed E-state index contributed by atoms with van der Waals surface area (Å²) in [5.74, 6) is 0. The topological polar surface area (TPSA) is 58.8 Å². The van der Waals surface area contributed by atoms with Gasteiger partial charge in [-0.05, 0) is 51.8 Å². The van der Waals surface area contributed by atoms with Crippen LogP contribution in [0.3, 0.4) is 0 Å². The maximum Gasteiger partial charge on any atom is 0.410 e. The number of hydrogen-bond donors (Lipinski definition) is 1. The van der Waals surface area contributed by atoms with Crippen LogP contribution in [0, 0.1) is 6.92 Å². The molecule has 0 saturated carbocycles. The second-order valence-corrected chi connectivity index (χ2v) is 7.38. The van der Waals surface area contributed by atoms with Crippen molar-refractivity contribution in [3.05, 3.63) is 22.7 Å². The molecule has 0 radical (unpaired) electrons. The highest BCUT2D eigenvalue weighted by molar-refractivity contribution is 6.33. The van der Waals surface area contributed by atoms with Crippen molar-refractivity contribution in [2.24, 2.45) is 0 Å². The molecule has 1 aliphatic heterocycles. The van der Waals surface area contributed by atoms with Crippen LogP contribution in [0.4, 0.5) is 16.2 Å². The average Bonchev–Trinajstić information content (AvgIpc) is 2.67. The summed E-state index contributed by atoms with van der Waals surface area (Å²) < 4.78 is 5.46. The number of hydrogen-bond acceptors (Lipinski definition) is 4. The molecular weight excluding hydrogens is 314 g/mol. The molecule has 0 unspecified atom stereocenters. The lowest BCUT2D eigenvalue weighted by atomic mass is 10.1. The summed E-state index contributed by atoms with van der Waals surface area (Å²) in [5.41, 5.74) is 8.15. The molecule has 0 atom stereocenters. The molecule has 1 amide bonds. The van der Waals surface area contributed by atoms with E-state index in [9.17, 15) is 4.79 Å². The first-order valence-electron chi connectivity index (χ1n) is 7.96. The van der Waals surface area contributed by atoms with Crippen molar-refractivity contribution in [1.29, 1.82) is 0 Å². The lowest BCUT2D eigenvalue weighted by Crippen LogP contribution is -2.39. The van der Waals surface area contributed by atoms with Crippen molar-refractivity contribution < 1.29 is 9.53 Å². The maximum absolute atomic E-state index is 12.2. The minimum atomic E-state index is -0.468. The van der Waals surface area contributed by atoms with Gasteiger partial charge in [-0.2, -0.15) is 0 Å². The Labute approximate surface area is 143 Å². The number of halogens is 1. The van der Waals surface area contributed by atoms with E-state index in [1.54, 1.807) is 4.90 Å². The molecule has 2 rings (SSSR count). The Kier molecular flexibility index (Phi) is 5.30. The van der Waals surface area contributed by atoms with E-state index >= 15 is 0 Å². The first kappa shape index (κ1) is 17.7. The Morgan fingerprint density at radius 3 is 2.57 bits per heavy atom. The third-order valence-electron chi connectivity index (χ3n) is 3.80. The molecule has 1 heterocycles. The number of anilines is 2. The first-order valence-corrected chi connectivity index (χ1v) is 8.33. The molecule has 1 fully saturated rings. The van der Waals surface area contributed by atoms with Crippen molar-refractivity contribution in [3.8, 4) is 0 Å². The predicted octanol–water partition coefficient (Wildman–Crippen LogP) is 3.68. The second kappa shape index (κ2) is 6.87. The highest BCUT2D eigenvalue weighted by Crippen LogP contribution is 2.30. The molecule has 5 nitrogen and oxygen atoms in total. The molecule has 1 aliphatic rings. The van der Waals surface area contributed by atoms with E-state index in [0.29, 0.717) is 23.8 Å². The van der Waals surface area contributed by atoms with Crippen LogP contribution in [0.2, 0.25) is 5.02 Å². The van der Waals surface area contributed by atoms with Gasteiger partial charge in [0.25, 0.3) is 0 Å². The molecule has 6 heteroatoms. The lowest BCUT2D eigenvalue weighted by Gasteiger charge is -2.27. The Balaban J connectivity index is 2.07. The van der Waals surface area contributed by atoms with Crippen LogP contribution in [-0.4, -0.2) is 42.8 Å². The largest absolute Gasteiger partial charge is 0.444 e. The number of nitrogens with two attached hydrogens (primary N) is 1. The number of nitrogens with zero attached hydrogens (tertiary/aromatic N) is 2. The number of amides is 1. The molecule has 1 saturated heterocycles. The van der Waals surface area contributed by atoms with E-state index in [-0.39, 0.29) is 6.09 Å². The maximum atomic E-state index is 12.2. The van der Waals surface area contributed by atoms with E-state index < -0.39 is 5.60 Å². The smallest absolute Gasteiger partial charge is 0.410 e. The molecule has 1 aromatic carbocycles. The van der Waals surface area contributed by atoms with Gasteiger partial charge in [0.15, 0.2) is 0 Å². The van der Waals surface area contributed by atoms with Crippen LogP contribution in [0.1, 0.15) is 32.8 Å². The van der Waals surface area contributed by atoms with Gasteiger partial charge in [-0.25, -0.2) is 4.79 Å². The fraction of sp³-hybridized carbons (Fsp3) is 0.588. The summed E-state index contributed by atoms with van der Waals surface area (Å²) in [4.78, 5) is 16.3. The van der Waals surface area contributed by atoms with Crippen molar-refractivity contribution in [3.63, 3.8) is 0 Å². The Morgan fingerprint density at radius 1 is 1.22 bits per heavy atom. The molecule has 0 aliphatic carbocycles. The third kappa shape index (κ3) is 4.67. The van der Waals surface area contributed by atoms with Gasteiger partial charge in [0, 0.05) is 31.9 Å². The predicted molar refractivity (Wildman–Crippen MR) is 95.2 cm³/mol. The second-order valence-electron chi connectivity index (χ2n) is 6.97. The minimum absolute atomic E-state index is 0.244. The Hall–Kier alpha value is -1.62. The fourth-order valence-electron chi connectivity index (χ4n) is 2.70. The minimum Gasteiger partial charge on any atom is -0.444 e. The van der Waals surface area contributed by atoms with Crippen LogP contribution < -0.4 is 10.6 Å². The molecule has 128 valence electrons. The molecule has 0 aromatic heterocycles.